The number of carbonyl (C=O) groups is 1. The van der Waals surface area contributed by atoms with Crippen LogP contribution in [0.2, 0.25) is 0 Å². The highest BCUT2D eigenvalue weighted by Crippen LogP contribution is 2.17. The smallest absolute Gasteiger partial charge is 0.338 e. The van der Waals surface area contributed by atoms with Gasteiger partial charge in [0.25, 0.3) is 5.56 Å². The Kier molecular flexibility index (Phi) is 4.90. The Morgan fingerprint density at radius 2 is 1.88 bits per heavy atom. The number of aromatic amines is 1. The van der Waals surface area contributed by atoms with Crippen molar-refractivity contribution in [2.45, 2.75) is 19.6 Å². The predicted molar refractivity (Wildman–Crippen MR) is 93.3 cm³/mol. The monoisotopic (exact) mass is 338 g/mol. The number of nitrogens with zero attached hydrogens (tertiary/aromatic N) is 1. The molecule has 0 saturated carbocycles. The van der Waals surface area contributed by atoms with Crippen molar-refractivity contribution < 1.29 is 14.3 Å². The molecule has 0 unspecified atom stereocenters. The van der Waals surface area contributed by atoms with Gasteiger partial charge in [0.1, 0.15) is 0 Å². The molecule has 1 N–H and O–H groups in total. The van der Waals surface area contributed by atoms with Crippen LogP contribution in [-0.2, 0) is 16.1 Å². The number of esters is 1. The van der Waals surface area contributed by atoms with Crippen LogP contribution in [0.15, 0.2) is 53.3 Å². The lowest BCUT2D eigenvalue weighted by molar-refractivity contribution is 0.0320. The minimum Gasteiger partial charge on any atom is -0.451 e. The topological polar surface area (TPSA) is 81.3 Å². The van der Waals surface area contributed by atoms with Crippen molar-refractivity contribution in [2.75, 3.05) is 7.11 Å². The second-order valence-corrected chi connectivity index (χ2v) is 5.65. The van der Waals surface area contributed by atoms with Gasteiger partial charge in [-0.05, 0) is 36.8 Å². The standard InChI is InChI=1S/C19H18N2O4/c1-12(17-20-16-6-4-3-5-15(16)18(22)21-17)25-19(23)14-9-7-13(8-10-14)11-24-2/h3-10,12H,11H2,1-2H3,(H,20,21,22)/t12-/m0/s1. The van der Waals surface area contributed by atoms with Gasteiger partial charge in [0.15, 0.2) is 11.9 Å². The minimum atomic E-state index is -0.677. The summed E-state index contributed by atoms with van der Waals surface area (Å²) in [4.78, 5) is 31.4. The highest BCUT2D eigenvalue weighted by Gasteiger charge is 2.16. The normalized spacial score (nSPS) is 12.1. The van der Waals surface area contributed by atoms with Crippen molar-refractivity contribution in [3.63, 3.8) is 0 Å². The van der Waals surface area contributed by atoms with Gasteiger partial charge in [0.05, 0.1) is 23.1 Å². The van der Waals surface area contributed by atoms with E-state index in [-0.39, 0.29) is 5.56 Å². The van der Waals surface area contributed by atoms with Crippen molar-refractivity contribution >= 4 is 16.9 Å². The predicted octanol–water partition coefficient (Wildman–Crippen LogP) is 2.99. The Morgan fingerprint density at radius 3 is 2.60 bits per heavy atom. The molecule has 0 aliphatic carbocycles. The number of rotatable bonds is 5. The fraction of sp³-hybridized carbons (Fsp3) is 0.211. The van der Waals surface area contributed by atoms with Gasteiger partial charge in [0.2, 0.25) is 0 Å². The molecular weight excluding hydrogens is 320 g/mol. The summed E-state index contributed by atoms with van der Waals surface area (Å²) in [6.07, 6.45) is -0.677. The lowest BCUT2D eigenvalue weighted by atomic mass is 10.1. The van der Waals surface area contributed by atoms with Crippen molar-refractivity contribution in [1.82, 2.24) is 9.97 Å². The maximum atomic E-state index is 12.3. The lowest BCUT2D eigenvalue weighted by Gasteiger charge is -2.13. The van der Waals surface area contributed by atoms with E-state index in [2.05, 4.69) is 9.97 Å². The number of hydrogen-bond acceptors (Lipinski definition) is 5. The lowest BCUT2D eigenvalue weighted by Crippen LogP contribution is -2.17. The fourth-order valence-electron chi connectivity index (χ4n) is 2.49. The number of carbonyl (C=O) groups excluding carboxylic acids is 1. The third-order valence-electron chi connectivity index (χ3n) is 3.80. The number of fused-ring (bicyclic) bond motifs is 1. The Balaban J connectivity index is 1.78. The molecule has 25 heavy (non-hydrogen) atoms. The number of ether oxygens (including phenoxy) is 2. The summed E-state index contributed by atoms with van der Waals surface area (Å²) in [6.45, 7) is 2.15. The van der Waals surface area contributed by atoms with Crippen LogP contribution in [0.5, 0.6) is 0 Å². The first-order valence-electron chi connectivity index (χ1n) is 7.86. The maximum Gasteiger partial charge on any atom is 0.338 e. The molecule has 2 aromatic carbocycles. The van der Waals surface area contributed by atoms with E-state index in [0.29, 0.717) is 28.9 Å². The summed E-state index contributed by atoms with van der Waals surface area (Å²) in [5, 5.41) is 0.499. The van der Waals surface area contributed by atoms with Crippen LogP contribution in [0.3, 0.4) is 0 Å². The molecule has 1 heterocycles. The van der Waals surface area contributed by atoms with Crippen LogP contribution < -0.4 is 5.56 Å². The SMILES string of the molecule is COCc1ccc(C(=O)O[C@@H](C)c2nc3ccccc3c(=O)[nH]2)cc1. The number of aromatic nitrogens is 2. The van der Waals surface area contributed by atoms with Crippen molar-refractivity contribution in [3.05, 3.63) is 75.8 Å². The molecule has 6 nitrogen and oxygen atoms in total. The maximum absolute atomic E-state index is 12.3. The van der Waals surface area contributed by atoms with E-state index in [4.69, 9.17) is 9.47 Å². The first-order valence-corrected chi connectivity index (χ1v) is 7.86. The summed E-state index contributed by atoms with van der Waals surface area (Å²) >= 11 is 0. The van der Waals surface area contributed by atoms with Gasteiger partial charge in [-0.1, -0.05) is 24.3 Å². The second-order valence-electron chi connectivity index (χ2n) is 5.65. The molecule has 0 amide bonds. The molecule has 3 rings (SSSR count). The molecule has 128 valence electrons. The molecular formula is C19H18N2O4. The molecule has 1 atom stereocenters. The third kappa shape index (κ3) is 3.75. The number of H-pyrrole nitrogens is 1. The summed E-state index contributed by atoms with van der Waals surface area (Å²) in [6, 6.07) is 14.0. The third-order valence-corrected chi connectivity index (χ3v) is 3.80. The molecule has 0 spiro atoms. The Bertz CT molecular complexity index is 948. The van der Waals surface area contributed by atoms with Crippen LogP contribution >= 0.6 is 0 Å². The molecule has 3 aromatic rings. The van der Waals surface area contributed by atoms with Gasteiger partial charge < -0.3 is 14.5 Å². The number of methoxy groups -OCH3 is 1. The molecule has 0 bridgehead atoms. The van der Waals surface area contributed by atoms with Gasteiger partial charge >= 0.3 is 5.97 Å². The van der Waals surface area contributed by atoms with Crippen LogP contribution in [0.25, 0.3) is 10.9 Å². The fourth-order valence-corrected chi connectivity index (χ4v) is 2.49. The number of para-hydroxylation sites is 1. The molecule has 0 fully saturated rings. The zero-order valence-corrected chi connectivity index (χ0v) is 14.0. The van der Waals surface area contributed by atoms with Gasteiger partial charge in [-0.25, -0.2) is 9.78 Å². The average molecular weight is 338 g/mol. The van der Waals surface area contributed by atoms with E-state index in [9.17, 15) is 9.59 Å². The molecule has 1 aromatic heterocycles. The van der Waals surface area contributed by atoms with Gasteiger partial charge in [0, 0.05) is 7.11 Å². The van der Waals surface area contributed by atoms with Crippen LogP contribution in [0, 0.1) is 0 Å². The van der Waals surface area contributed by atoms with Gasteiger partial charge in [-0.15, -0.1) is 0 Å². The highest BCUT2D eigenvalue weighted by molar-refractivity contribution is 5.89. The number of benzene rings is 2. The molecule has 0 aliphatic rings. The summed E-state index contributed by atoms with van der Waals surface area (Å²) < 4.78 is 10.5. The highest BCUT2D eigenvalue weighted by atomic mass is 16.5. The Labute approximate surface area is 144 Å². The van der Waals surface area contributed by atoms with E-state index in [1.165, 1.54) is 0 Å². The van der Waals surface area contributed by atoms with Gasteiger partial charge in [-0.3, -0.25) is 4.79 Å². The van der Waals surface area contributed by atoms with E-state index in [1.54, 1.807) is 62.6 Å². The van der Waals surface area contributed by atoms with Crippen molar-refractivity contribution in [2.24, 2.45) is 0 Å². The average Bonchev–Trinajstić information content (AvgIpc) is 2.62. The zero-order chi connectivity index (χ0) is 17.8. The van der Waals surface area contributed by atoms with E-state index >= 15 is 0 Å². The summed E-state index contributed by atoms with van der Waals surface area (Å²) in [7, 11) is 1.61. The Morgan fingerprint density at radius 1 is 1.16 bits per heavy atom. The molecule has 0 radical (unpaired) electrons. The minimum absolute atomic E-state index is 0.257. The molecule has 6 heteroatoms. The number of nitrogens with one attached hydrogen (secondary N) is 1. The summed E-state index contributed by atoms with van der Waals surface area (Å²) in [5.41, 5.74) is 1.70. The second kappa shape index (κ2) is 7.27. The first kappa shape index (κ1) is 16.9. The number of hydrogen-bond donors (Lipinski definition) is 1. The first-order chi connectivity index (χ1) is 12.1. The van der Waals surface area contributed by atoms with Crippen LogP contribution in [-0.4, -0.2) is 23.0 Å². The zero-order valence-electron chi connectivity index (χ0n) is 14.0. The van der Waals surface area contributed by atoms with Crippen LogP contribution in [0.4, 0.5) is 0 Å². The Hall–Kier alpha value is -2.99. The summed E-state index contributed by atoms with van der Waals surface area (Å²) in [5.74, 6) is -0.166. The van der Waals surface area contributed by atoms with E-state index in [1.807, 2.05) is 0 Å². The molecule has 0 saturated heterocycles. The van der Waals surface area contributed by atoms with Gasteiger partial charge in [-0.2, -0.15) is 0 Å². The van der Waals surface area contributed by atoms with E-state index < -0.39 is 12.1 Å². The quantitative estimate of drug-likeness (QED) is 0.723. The van der Waals surface area contributed by atoms with E-state index in [0.717, 1.165) is 5.56 Å². The van der Waals surface area contributed by atoms with Crippen LogP contribution in [0.1, 0.15) is 34.8 Å². The largest absolute Gasteiger partial charge is 0.451 e. The molecule has 0 aliphatic heterocycles. The van der Waals surface area contributed by atoms with Crippen molar-refractivity contribution in [1.29, 1.82) is 0 Å². The van der Waals surface area contributed by atoms with Crippen molar-refractivity contribution in [3.8, 4) is 0 Å².